The lowest BCUT2D eigenvalue weighted by atomic mass is 9.84. The summed E-state index contributed by atoms with van der Waals surface area (Å²) in [5, 5.41) is 21.5. The van der Waals surface area contributed by atoms with Gasteiger partial charge in [-0.2, -0.15) is 0 Å². The summed E-state index contributed by atoms with van der Waals surface area (Å²) in [4.78, 5) is 71.6. The fourth-order valence-electron chi connectivity index (χ4n) is 6.24. The Balaban J connectivity index is 1.35. The molecule has 11 nitrogen and oxygen atoms in total. The number of rotatable bonds is 14. The quantitative estimate of drug-likeness (QED) is 0.149. The Hall–Kier alpha value is -5.84. The number of nitrogens with zero attached hydrogens (tertiary/aromatic N) is 1. The van der Waals surface area contributed by atoms with Gasteiger partial charge in [-0.3, -0.25) is 19.2 Å². The molecule has 0 aromatic heterocycles. The highest BCUT2D eigenvalue weighted by Crippen LogP contribution is 2.32. The van der Waals surface area contributed by atoms with Gasteiger partial charge in [0.2, 0.25) is 5.60 Å². The number of aryl methyl sites for hydroxylation is 2. The zero-order valence-corrected chi connectivity index (χ0v) is 29.0. The molecule has 0 radical (unpaired) electrons. The van der Waals surface area contributed by atoms with E-state index in [-0.39, 0.29) is 24.7 Å². The van der Waals surface area contributed by atoms with Crippen LogP contribution in [0, 0.1) is 19.8 Å². The SMILES string of the molecule is Cc1cccc(C)c1C(=O)OCC(=O)C(CC(=O)O)NC(=O)C1(Cc2ccccc2)CC(C(NC(=O)c2ccc3ccccc3c2)C(C)C)=NO1. The van der Waals surface area contributed by atoms with E-state index in [9.17, 15) is 29.1 Å². The van der Waals surface area contributed by atoms with E-state index in [1.54, 1.807) is 56.3 Å². The molecule has 0 saturated carbocycles. The molecular weight excluding hydrogens is 650 g/mol. The molecule has 11 heteroatoms. The molecule has 2 amide bonds. The number of ether oxygens (including phenoxy) is 1. The summed E-state index contributed by atoms with van der Waals surface area (Å²) in [6.45, 7) is 6.54. The van der Waals surface area contributed by atoms with Crippen LogP contribution in [0.25, 0.3) is 10.8 Å². The molecule has 4 aromatic carbocycles. The van der Waals surface area contributed by atoms with Crippen molar-refractivity contribution in [3.05, 3.63) is 119 Å². The van der Waals surface area contributed by atoms with Crippen LogP contribution in [0.15, 0.2) is 96.2 Å². The van der Waals surface area contributed by atoms with Crippen molar-refractivity contribution >= 4 is 46.0 Å². The highest BCUT2D eigenvalue weighted by Gasteiger charge is 2.49. The minimum Gasteiger partial charge on any atom is -0.481 e. The van der Waals surface area contributed by atoms with Crippen LogP contribution in [0.1, 0.15) is 64.1 Å². The number of hydrogen-bond donors (Lipinski definition) is 3. The van der Waals surface area contributed by atoms with Gasteiger partial charge >= 0.3 is 11.9 Å². The van der Waals surface area contributed by atoms with E-state index in [2.05, 4.69) is 15.8 Å². The molecule has 5 rings (SSSR count). The van der Waals surface area contributed by atoms with Crippen LogP contribution in [-0.4, -0.2) is 64.6 Å². The summed E-state index contributed by atoms with van der Waals surface area (Å²) in [6, 6.07) is 25.3. The number of hydrogen-bond acceptors (Lipinski definition) is 8. The Morgan fingerprint density at radius 2 is 1.53 bits per heavy atom. The Bertz CT molecular complexity index is 1970. The first kappa shape index (κ1) is 36.4. The van der Waals surface area contributed by atoms with Crippen LogP contribution >= 0.6 is 0 Å². The number of carboxylic acids is 1. The maximum atomic E-state index is 14.2. The van der Waals surface area contributed by atoms with E-state index in [0.717, 1.165) is 16.3 Å². The average Bonchev–Trinajstić information content (AvgIpc) is 3.53. The molecule has 0 bridgehead atoms. The third kappa shape index (κ3) is 8.67. The predicted octanol–water partition coefficient (Wildman–Crippen LogP) is 5.35. The van der Waals surface area contributed by atoms with Gasteiger partial charge in [-0.15, -0.1) is 0 Å². The van der Waals surface area contributed by atoms with Crippen molar-refractivity contribution in [3.63, 3.8) is 0 Å². The van der Waals surface area contributed by atoms with Gasteiger partial charge in [0.25, 0.3) is 11.8 Å². The average molecular weight is 692 g/mol. The topological polar surface area (TPSA) is 160 Å². The normalized spacial score (nSPS) is 16.5. The third-order valence-corrected chi connectivity index (χ3v) is 8.98. The lowest BCUT2D eigenvalue weighted by Gasteiger charge is -2.29. The Morgan fingerprint density at radius 3 is 2.20 bits per heavy atom. The molecular formula is C40H41N3O8. The lowest BCUT2D eigenvalue weighted by molar-refractivity contribution is -0.148. The standard InChI is InChI=1S/C40H41N3O8/c1-24(2)36(42-37(47)30-18-17-28-15-8-9-16-29(28)19-30)32-22-40(51-43-32,21-27-13-6-5-7-14-27)39(49)41-31(20-34(45)46)33(44)23-50-38(48)35-25(3)11-10-12-26(35)4/h5-19,24,31,36H,20-23H2,1-4H3,(H,41,49)(H,42,47)(H,45,46). The second-order valence-corrected chi connectivity index (χ2v) is 13.2. The van der Waals surface area contributed by atoms with Gasteiger partial charge in [-0.1, -0.05) is 97.9 Å². The second kappa shape index (κ2) is 15.8. The lowest BCUT2D eigenvalue weighted by Crippen LogP contribution is -2.55. The van der Waals surface area contributed by atoms with E-state index in [1.165, 1.54) is 0 Å². The molecule has 0 spiro atoms. The zero-order chi connectivity index (χ0) is 36.7. The number of aliphatic carboxylic acids is 1. The van der Waals surface area contributed by atoms with Crippen LogP contribution in [0.4, 0.5) is 0 Å². The fourth-order valence-corrected chi connectivity index (χ4v) is 6.24. The van der Waals surface area contributed by atoms with Crippen LogP contribution in [0.5, 0.6) is 0 Å². The molecule has 0 fully saturated rings. The van der Waals surface area contributed by atoms with Crippen molar-refractivity contribution in [1.29, 1.82) is 0 Å². The maximum Gasteiger partial charge on any atom is 0.339 e. The summed E-state index contributed by atoms with van der Waals surface area (Å²) in [6.07, 6.45) is -0.771. The molecule has 3 unspecified atom stereocenters. The minimum atomic E-state index is -1.68. The first-order valence-corrected chi connectivity index (χ1v) is 16.7. The molecule has 0 saturated heterocycles. The highest BCUT2D eigenvalue weighted by atomic mass is 16.7. The first-order chi connectivity index (χ1) is 24.4. The van der Waals surface area contributed by atoms with Crippen LogP contribution < -0.4 is 10.6 Å². The fraction of sp³-hybridized carbons (Fsp3) is 0.300. The molecule has 51 heavy (non-hydrogen) atoms. The molecule has 1 aliphatic rings. The van der Waals surface area contributed by atoms with Gasteiger partial charge in [0.15, 0.2) is 12.4 Å². The van der Waals surface area contributed by atoms with Crippen molar-refractivity contribution in [2.45, 2.75) is 64.6 Å². The summed E-state index contributed by atoms with van der Waals surface area (Å²) >= 11 is 0. The highest BCUT2D eigenvalue weighted by molar-refractivity contribution is 6.05. The first-order valence-electron chi connectivity index (χ1n) is 16.7. The molecule has 1 aliphatic heterocycles. The van der Waals surface area contributed by atoms with Crippen LogP contribution in [0.2, 0.25) is 0 Å². The van der Waals surface area contributed by atoms with Gasteiger partial charge in [-0.25, -0.2) is 4.79 Å². The molecule has 1 heterocycles. The molecule has 3 N–H and O–H groups in total. The van der Waals surface area contributed by atoms with Gasteiger partial charge in [0.1, 0.15) is 6.04 Å². The zero-order valence-electron chi connectivity index (χ0n) is 29.0. The van der Waals surface area contributed by atoms with Gasteiger partial charge < -0.3 is 25.3 Å². The molecule has 264 valence electrons. The van der Waals surface area contributed by atoms with E-state index in [1.807, 2.05) is 62.4 Å². The van der Waals surface area contributed by atoms with Crippen molar-refractivity contribution < 1.29 is 38.7 Å². The van der Waals surface area contributed by atoms with Crippen molar-refractivity contribution in [2.75, 3.05) is 6.61 Å². The number of nitrogens with one attached hydrogen (secondary N) is 2. The number of Topliss-reactive ketones (excluding diaryl/α,β-unsaturated/α-hetero) is 1. The number of esters is 1. The van der Waals surface area contributed by atoms with Gasteiger partial charge in [0.05, 0.1) is 23.7 Å². The number of amides is 2. The Morgan fingerprint density at radius 1 is 0.863 bits per heavy atom. The minimum absolute atomic E-state index is 0.0334. The molecule has 4 aromatic rings. The van der Waals surface area contributed by atoms with Crippen LogP contribution in [0.3, 0.4) is 0 Å². The third-order valence-electron chi connectivity index (χ3n) is 8.98. The van der Waals surface area contributed by atoms with E-state index in [0.29, 0.717) is 28.0 Å². The van der Waals surface area contributed by atoms with Crippen molar-refractivity contribution in [2.24, 2.45) is 11.1 Å². The summed E-state index contributed by atoms with van der Waals surface area (Å²) in [7, 11) is 0. The van der Waals surface area contributed by atoms with Gasteiger partial charge in [-0.05, 0) is 59.4 Å². The number of carboxylic acid groups (broad SMARTS) is 1. The monoisotopic (exact) mass is 691 g/mol. The number of ketones is 1. The van der Waals surface area contributed by atoms with Crippen LogP contribution in [-0.2, 0) is 30.4 Å². The second-order valence-electron chi connectivity index (χ2n) is 13.2. The number of carbonyl (C=O) groups is 5. The molecule has 0 aliphatic carbocycles. The number of benzene rings is 4. The number of oxime groups is 1. The van der Waals surface area contributed by atoms with Crippen molar-refractivity contribution in [1.82, 2.24) is 10.6 Å². The number of fused-ring (bicyclic) bond motifs is 1. The smallest absolute Gasteiger partial charge is 0.339 e. The molecule has 3 atom stereocenters. The van der Waals surface area contributed by atoms with E-state index >= 15 is 0 Å². The predicted molar refractivity (Wildman–Crippen MR) is 191 cm³/mol. The Kier molecular flexibility index (Phi) is 11.3. The van der Waals surface area contributed by atoms with E-state index in [4.69, 9.17) is 9.57 Å². The Labute approximate surface area is 296 Å². The largest absolute Gasteiger partial charge is 0.481 e. The maximum absolute atomic E-state index is 14.2. The number of carbonyl (C=O) groups excluding carboxylic acids is 4. The van der Waals surface area contributed by atoms with E-state index < -0.39 is 54.3 Å². The summed E-state index contributed by atoms with van der Waals surface area (Å²) in [5.74, 6) is -4.12. The summed E-state index contributed by atoms with van der Waals surface area (Å²) in [5.41, 5.74) is 1.55. The van der Waals surface area contributed by atoms with Gasteiger partial charge in [0, 0.05) is 18.4 Å². The summed E-state index contributed by atoms with van der Waals surface area (Å²) < 4.78 is 5.29. The van der Waals surface area contributed by atoms with Crippen molar-refractivity contribution in [3.8, 4) is 0 Å².